The number of anilines is 1. The molecule has 8 heteroatoms. The highest BCUT2D eigenvalue weighted by molar-refractivity contribution is 6.03. The van der Waals surface area contributed by atoms with E-state index in [1.165, 1.54) is 0 Å². The molecule has 0 aliphatic carbocycles. The first-order valence-corrected chi connectivity index (χ1v) is 8.32. The fourth-order valence-electron chi connectivity index (χ4n) is 2.83. The lowest BCUT2D eigenvalue weighted by molar-refractivity contribution is 0.402. The summed E-state index contributed by atoms with van der Waals surface area (Å²) in [6.45, 7) is 2.04. The molecule has 2 N–H and O–H groups in total. The second kappa shape index (κ2) is 6.91. The Bertz CT molecular complexity index is 1150. The quantitative estimate of drug-likeness (QED) is 0.418. The van der Waals surface area contributed by atoms with Crippen molar-refractivity contribution >= 4 is 34.2 Å². The first kappa shape index (κ1) is 16.8. The van der Waals surface area contributed by atoms with Gasteiger partial charge in [-0.1, -0.05) is 11.6 Å². The van der Waals surface area contributed by atoms with Crippen molar-refractivity contribution in [3.05, 3.63) is 47.5 Å². The first-order chi connectivity index (χ1) is 13.2. The van der Waals surface area contributed by atoms with E-state index in [4.69, 9.17) is 9.47 Å². The van der Waals surface area contributed by atoms with Crippen LogP contribution in [-0.4, -0.2) is 40.6 Å². The van der Waals surface area contributed by atoms with Crippen molar-refractivity contribution in [1.29, 1.82) is 0 Å². The third-order valence-corrected chi connectivity index (χ3v) is 4.18. The molecule has 0 spiro atoms. The molecule has 0 fully saturated rings. The topological polar surface area (TPSA) is 97.3 Å². The van der Waals surface area contributed by atoms with Crippen LogP contribution in [0.5, 0.6) is 11.5 Å². The summed E-state index contributed by atoms with van der Waals surface area (Å²) in [5.41, 5.74) is 7.08. The molecule has 0 aliphatic heterocycles. The summed E-state index contributed by atoms with van der Waals surface area (Å²) in [5.74, 6) is 1.69. The SMILES string of the molecule is COc1ccc(OC)c(/C=N\Nc2nnc3c(n2)[nH]c2ccc(C)cc23)c1. The molecule has 0 amide bonds. The van der Waals surface area contributed by atoms with Crippen molar-refractivity contribution in [2.45, 2.75) is 6.92 Å². The van der Waals surface area contributed by atoms with E-state index in [-0.39, 0.29) is 0 Å². The summed E-state index contributed by atoms with van der Waals surface area (Å²) in [5, 5.41) is 13.6. The number of hydrazone groups is 1. The van der Waals surface area contributed by atoms with Crippen molar-refractivity contribution < 1.29 is 9.47 Å². The van der Waals surface area contributed by atoms with Gasteiger partial charge < -0.3 is 14.5 Å². The molecule has 27 heavy (non-hydrogen) atoms. The maximum absolute atomic E-state index is 5.33. The number of fused-ring (bicyclic) bond motifs is 3. The zero-order valence-corrected chi connectivity index (χ0v) is 15.1. The molecule has 4 rings (SSSR count). The number of hydrogen-bond donors (Lipinski definition) is 2. The van der Waals surface area contributed by atoms with Crippen molar-refractivity contribution in [2.24, 2.45) is 5.10 Å². The predicted molar refractivity (Wildman–Crippen MR) is 105 cm³/mol. The number of benzene rings is 2. The summed E-state index contributed by atoms with van der Waals surface area (Å²) < 4.78 is 10.6. The molecule has 2 aromatic carbocycles. The van der Waals surface area contributed by atoms with Gasteiger partial charge in [0.1, 0.15) is 17.0 Å². The molecule has 2 heterocycles. The number of nitrogens with one attached hydrogen (secondary N) is 2. The molecule has 0 bridgehead atoms. The van der Waals surface area contributed by atoms with Crippen LogP contribution in [0.25, 0.3) is 22.1 Å². The van der Waals surface area contributed by atoms with E-state index in [1.54, 1.807) is 20.4 Å². The van der Waals surface area contributed by atoms with Gasteiger partial charge in [0.05, 0.1) is 20.4 Å². The second-order valence-corrected chi connectivity index (χ2v) is 5.98. The normalized spacial score (nSPS) is 11.4. The van der Waals surface area contributed by atoms with Crippen LogP contribution < -0.4 is 14.9 Å². The standard InChI is InChI=1S/C19H18N6O2/c1-11-4-6-15-14(8-11)17-18(21-15)22-19(25-23-17)24-20-10-12-9-13(26-2)5-7-16(12)27-3/h4-10H,1-3H3,(H2,21,22,24,25)/b20-10-. The van der Waals surface area contributed by atoms with Crippen molar-refractivity contribution in [1.82, 2.24) is 20.2 Å². The Morgan fingerprint density at radius 1 is 1.07 bits per heavy atom. The third-order valence-electron chi connectivity index (χ3n) is 4.18. The maximum atomic E-state index is 5.33. The highest BCUT2D eigenvalue weighted by Crippen LogP contribution is 2.24. The van der Waals surface area contributed by atoms with E-state index in [9.17, 15) is 0 Å². The molecule has 0 saturated carbocycles. The van der Waals surface area contributed by atoms with Crippen LogP contribution in [0.15, 0.2) is 41.5 Å². The minimum absolute atomic E-state index is 0.295. The minimum atomic E-state index is 0.295. The Morgan fingerprint density at radius 2 is 1.96 bits per heavy atom. The molecule has 0 atom stereocenters. The van der Waals surface area contributed by atoms with Gasteiger partial charge in [-0.15, -0.1) is 10.2 Å². The Balaban J connectivity index is 1.60. The van der Waals surface area contributed by atoms with Crippen LogP contribution in [0.4, 0.5) is 5.95 Å². The van der Waals surface area contributed by atoms with Gasteiger partial charge in [-0.2, -0.15) is 10.1 Å². The number of methoxy groups -OCH3 is 2. The highest BCUT2D eigenvalue weighted by atomic mass is 16.5. The van der Waals surface area contributed by atoms with Gasteiger partial charge in [0.15, 0.2) is 5.65 Å². The van der Waals surface area contributed by atoms with E-state index >= 15 is 0 Å². The summed E-state index contributed by atoms with van der Waals surface area (Å²) in [6, 6.07) is 11.6. The molecular formula is C19H18N6O2. The fraction of sp³-hybridized carbons (Fsp3) is 0.158. The smallest absolute Gasteiger partial charge is 0.265 e. The van der Waals surface area contributed by atoms with Gasteiger partial charge in [0, 0.05) is 16.5 Å². The second-order valence-electron chi connectivity index (χ2n) is 5.98. The number of nitrogens with zero attached hydrogens (tertiary/aromatic N) is 4. The van der Waals surface area contributed by atoms with Gasteiger partial charge in [0.25, 0.3) is 5.95 Å². The Hall–Kier alpha value is -3.68. The number of aromatic amines is 1. The lowest BCUT2D eigenvalue weighted by Gasteiger charge is -2.06. The average Bonchev–Trinajstić information content (AvgIpc) is 3.04. The Kier molecular flexibility index (Phi) is 4.29. The van der Waals surface area contributed by atoms with Gasteiger partial charge in [-0.05, 0) is 37.3 Å². The molecule has 4 aromatic rings. The molecule has 2 aromatic heterocycles. The summed E-state index contributed by atoms with van der Waals surface area (Å²) >= 11 is 0. The zero-order chi connectivity index (χ0) is 18.8. The van der Waals surface area contributed by atoms with E-state index in [2.05, 4.69) is 36.8 Å². The third kappa shape index (κ3) is 3.24. The molecule has 0 unspecified atom stereocenters. The van der Waals surface area contributed by atoms with Crippen LogP contribution in [0.3, 0.4) is 0 Å². The summed E-state index contributed by atoms with van der Waals surface area (Å²) in [4.78, 5) is 7.68. The van der Waals surface area contributed by atoms with Crippen LogP contribution in [0.2, 0.25) is 0 Å². The van der Waals surface area contributed by atoms with E-state index in [1.807, 2.05) is 37.3 Å². The van der Waals surface area contributed by atoms with Crippen molar-refractivity contribution in [3.8, 4) is 11.5 Å². The van der Waals surface area contributed by atoms with Crippen LogP contribution >= 0.6 is 0 Å². The zero-order valence-electron chi connectivity index (χ0n) is 15.1. The highest BCUT2D eigenvalue weighted by Gasteiger charge is 2.09. The van der Waals surface area contributed by atoms with E-state index in [0.717, 1.165) is 27.5 Å². The lowest BCUT2D eigenvalue weighted by Crippen LogP contribution is -2.00. The number of rotatable bonds is 5. The van der Waals surface area contributed by atoms with Crippen LogP contribution in [0.1, 0.15) is 11.1 Å². The predicted octanol–water partition coefficient (Wildman–Crippen LogP) is 3.28. The van der Waals surface area contributed by atoms with Crippen molar-refractivity contribution in [3.63, 3.8) is 0 Å². The molecule has 136 valence electrons. The summed E-state index contributed by atoms with van der Waals surface area (Å²) in [7, 11) is 3.21. The van der Waals surface area contributed by atoms with Gasteiger partial charge in [-0.3, -0.25) is 0 Å². The van der Waals surface area contributed by atoms with E-state index < -0.39 is 0 Å². The Labute approximate surface area is 155 Å². The number of ether oxygens (including phenoxy) is 2. The number of aryl methyl sites for hydroxylation is 1. The average molecular weight is 362 g/mol. The molecule has 0 saturated heterocycles. The van der Waals surface area contributed by atoms with Crippen molar-refractivity contribution in [2.75, 3.05) is 19.6 Å². The molecule has 8 nitrogen and oxygen atoms in total. The monoisotopic (exact) mass is 362 g/mol. The van der Waals surface area contributed by atoms with E-state index in [0.29, 0.717) is 23.1 Å². The van der Waals surface area contributed by atoms with Crippen LogP contribution in [0, 0.1) is 6.92 Å². The maximum Gasteiger partial charge on any atom is 0.265 e. The van der Waals surface area contributed by atoms with Gasteiger partial charge >= 0.3 is 0 Å². The lowest BCUT2D eigenvalue weighted by atomic mass is 10.2. The minimum Gasteiger partial charge on any atom is -0.497 e. The molecular weight excluding hydrogens is 344 g/mol. The van der Waals surface area contributed by atoms with Gasteiger partial charge in [0.2, 0.25) is 0 Å². The molecule has 0 aliphatic rings. The Morgan fingerprint density at radius 3 is 2.78 bits per heavy atom. The number of hydrogen-bond acceptors (Lipinski definition) is 7. The summed E-state index contributed by atoms with van der Waals surface area (Å²) in [6.07, 6.45) is 1.61. The fourth-order valence-corrected chi connectivity index (χ4v) is 2.83. The number of aromatic nitrogens is 4. The number of H-pyrrole nitrogens is 1. The van der Waals surface area contributed by atoms with Gasteiger partial charge in [-0.25, -0.2) is 5.43 Å². The molecule has 0 radical (unpaired) electrons. The van der Waals surface area contributed by atoms with Crippen LogP contribution in [-0.2, 0) is 0 Å². The largest absolute Gasteiger partial charge is 0.497 e. The first-order valence-electron chi connectivity index (χ1n) is 8.32.